The molecule has 0 aliphatic carbocycles. The second-order valence-corrected chi connectivity index (χ2v) is 8.88. The van der Waals surface area contributed by atoms with Gasteiger partial charge in [0.1, 0.15) is 5.75 Å². The average molecular weight is 429 g/mol. The quantitative estimate of drug-likeness (QED) is 0.805. The number of alkyl halides is 3. The van der Waals surface area contributed by atoms with Gasteiger partial charge in [0.15, 0.2) is 5.60 Å². The Labute approximate surface area is 165 Å². The van der Waals surface area contributed by atoms with E-state index >= 15 is 0 Å². The third-order valence-electron chi connectivity index (χ3n) is 4.22. The lowest BCUT2D eigenvalue weighted by Crippen LogP contribution is -2.50. The summed E-state index contributed by atoms with van der Waals surface area (Å²) in [6.45, 7) is 4.43. The molecule has 1 aromatic carbocycles. The van der Waals surface area contributed by atoms with Gasteiger partial charge in [0.25, 0.3) is 5.91 Å². The number of carbonyl (C=O) groups excluding carboxylic acids is 1. The molecule has 1 aliphatic heterocycles. The molecular formula is C18H18F3N3O4S. The topological polar surface area (TPSA) is 88.6 Å². The first-order valence-electron chi connectivity index (χ1n) is 8.38. The van der Waals surface area contributed by atoms with Crippen LogP contribution in [0.1, 0.15) is 25.1 Å². The van der Waals surface area contributed by atoms with E-state index in [4.69, 9.17) is 4.74 Å². The van der Waals surface area contributed by atoms with Gasteiger partial charge in [-0.05, 0) is 39.0 Å². The van der Waals surface area contributed by atoms with E-state index in [0.29, 0.717) is 6.20 Å². The van der Waals surface area contributed by atoms with Gasteiger partial charge < -0.3 is 4.74 Å². The molecule has 0 fully saturated rings. The molecule has 0 bridgehead atoms. The summed E-state index contributed by atoms with van der Waals surface area (Å²) in [5, 5.41) is 0. The van der Waals surface area contributed by atoms with Crippen LogP contribution >= 0.6 is 0 Å². The predicted molar refractivity (Wildman–Crippen MR) is 101 cm³/mol. The summed E-state index contributed by atoms with van der Waals surface area (Å²) in [6.07, 6.45) is -2.95. The number of hydrogen-bond acceptors (Lipinski definition) is 5. The van der Waals surface area contributed by atoms with Crippen molar-refractivity contribution < 1.29 is 31.1 Å². The fraction of sp³-hybridized carbons (Fsp3) is 0.333. The molecule has 0 saturated heterocycles. The molecule has 7 nitrogen and oxygen atoms in total. The van der Waals surface area contributed by atoms with Crippen molar-refractivity contribution >= 4 is 33.0 Å². The van der Waals surface area contributed by atoms with Gasteiger partial charge in [-0.1, -0.05) is 0 Å². The zero-order chi connectivity index (χ0) is 21.8. The van der Waals surface area contributed by atoms with Crippen molar-refractivity contribution in [2.24, 2.45) is 0 Å². The molecule has 156 valence electrons. The van der Waals surface area contributed by atoms with Crippen LogP contribution in [-0.4, -0.2) is 31.2 Å². The number of fused-ring (bicyclic) bond motifs is 1. The molecule has 2 heterocycles. The Morgan fingerprint density at radius 3 is 2.41 bits per heavy atom. The molecule has 1 amide bonds. The number of ether oxygens (including phenoxy) is 1. The largest absolute Gasteiger partial charge is 0.476 e. The van der Waals surface area contributed by atoms with E-state index in [-0.39, 0.29) is 28.5 Å². The predicted octanol–water partition coefficient (Wildman–Crippen LogP) is 3.62. The minimum atomic E-state index is -4.63. The number of benzene rings is 1. The Balaban J connectivity index is 2.19. The Morgan fingerprint density at radius 1 is 1.17 bits per heavy atom. The van der Waals surface area contributed by atoms with Crippen LogP contribution < -0.4 is 14.4 Å². The van der Waals surface area contributed by atoms with Crippen molar-refractivity contribution in [1.82, 2.24) is 4.98 Å². The van der Waals surface area contributed by atoms with Crippen molar-refractivity contribution in [1.29, 1.82) is 0 Å². The number of aromatic nitrogens is 1. The van der Waals surface area contributed by atoms with Crippen LogP contribution in [0.25, 0.3) is 0 Å². The smallest absolute Gasteiger partial charge is 0.417 e. The molecule has 11 heteroatoms. The van der Waals surface area contributed by atoms with E-state index in [0.717, 1.165) is 17.2 Å². The van der Waals surface area contributed by atoms with Crippen LogP contribution in [0.15, 0.2) is 30.5 Å². The van der Waals surface area contributed by atoms with E-state index in [1.807, 2.05) is 0 Å². The van der Waals surface area contributed by atoms with Gasteiger partial charge in [-0.15, -0.1) is 0 Å². The lowest BCUT2D eigenvalue weighted by Gasteiger charge is -2.39. The number of hydrogen-bond donors (Lipinski definition) is 1. The van der Waals surface area contributed by atoms with Gasteiger partial charge in [0, 0.05) is 12.3 Å². The highest BCUT2D eigenvalue weighted by molar-refractivity contribution is 7.92. The number of halogens is 3. The average Bonchev–Trinajstić information content (AvgIpc) is 2.54. The van der Waals surface area contributed by atoms with E-state index in [9.17, 15) is 26.4 Å². The standard InChI is InChI=1S/C18H18F3N3O4S/c1-10-14(7-11(9-22-10)18(19,20)21)24-13-6-5-12(23-29(4,26)27)8-15(13)28-17(2,3)16(24)25/h5-9,23H,1-4H3. The zero-order valence-corrected chi connectivity index (χ0v) is 16.8. The second-order valence-electron chi connectivity index (χ2n) is 7.14. The highest BCUT2D eigenvalue weighted by atomic mass is 32.2. The van der Waals surface area contributed by atoms with Crippen LogP contribution in [0.3, 0.4) is 0 Å². The fourth-order valence-electron chi connectivity index (χ4n) is 2.90. The van der Waals surface area contributed by atoms with Crippen molar-refractivity contribution in [3.05, 3.63) is 41.7 Å². The highest BCUT2D eigenvalue weighted by Gasteiger charge is 2.43. The van der Waals surface area contributed by atoms with Crippen LogP contribution in [0, 0.1) is 6.92 Å². The molecule has 1 aromatic heterocycles. The van der Waals surface area contributed by atoms with Crippen LogP contribution in [-0.2, 0) is 21.0 Å². The lowest BCUT2D eigenvalue weighted by molar-refractivity contribution is -0.138. The Bertz CT molecular complexity index is 1100. The molecule has 1 aliphatic rings. The van der Waals surface area contributed by atoms with Gasteiger partial charge in [0.2, 0.25) is 10.0 Å². The number of anilines is 3. The molecule has 0 radical (unpaired) electrons. The molecular weight excluding hydrogens is 411 g/mol. The Kier molecular flexibility index (Phi) is 4.77. The molecule has 0 atom stereocenters. The summed E-state index contributed by atoms with van der Waals surface area (Å²) < 4.78 is 70.5. The van der Waals surface area contributed by atoms with Crippen molar-refractivity contribution in [2.75, 3.05) is 15.9 Å². The van der Waals surface area contributed by atoms with Crippen molar-refractivity contribution in [3.63, 3.8) is 0 Å². The summed E-state index contributed by atoms with van der Waals surface area (Å²) in [5.41, 5.74) is -1.85. The monoisotopic (exact) mass is 429 g/mol. The van der Waals surface area contributed by atoms with Gasteiger partial charge in [0.05, 0.1) is 34.6 Å². The minimum Gasteiger partial charge on any atom is -0.476 e. The molecule has 1 N–H and O–H groups in total. The minimum absolute atomic E-state index is 0.0359. The van der Waals surface area contributed by atoms with E-state index < -0.39 is 33.3 Å². The molecule has 29 heavy (non-hydrogen) atoms. The number of rotatable bonds is 3. The Hall–Kier alpha value is -2.82. The third kappa shape index (κ3) is 4.14. The van der Waals surface area contributed by atoms with Gasteiger partial charge in [-0.3, -0.25) is 19.4 Å². The molecule has 0 spiro atoms. The maximum atomic E-state index is 13.2. The molecule has 0 unspecified atom stereocenters. The zero-order valence-electron chi connectivity index (χ0n) is 16.0. The third-order valence-corrected chi connectivity index (χ3v) is 4.82. The SMILES string of the molecule is Cc1ncc(C(F)(F)F)cc1N1C(=O)C(C)(C)Oc2cc(NS(C)(=O)=O)ccc21. The summed E-state index contributed by atoms with van der Waals surface area (Å²) in [7, 11) is -3.56. The number of nitrogens with one attached hydrogen (secondary N) is 1. The number of pyridine rings is 1. The van der Waals surface area contributed by atoms with Crippen LogP contribution in [0.4, 0.5) is 30.2 Å². The number of carbonyl (C=O) groups is 1. The van der Waals surface area contributed by atoms with Crippen molar-refractivity contribution in [2.45, 2.75) is 32.5 Å². The second kappa shape index (κ2) is 6.61. The number of sulfonamides is 1. The maximum absolute atomic E-state index is 13.2. The van der Waals surface area contributed by atoms with E-state index in [1.165, 1.54) is 39.0 Å². The number of nitrogens with zero attached hydrogens (tertiary/aromatic N) is 2. The van der Waals surface area contributed by atoms with Crippen LogP contribution in [0.2, 0.25) is 0 Å². The summed E-state index contributed by atoms with van der Waals surface area (Å²) in [5.74, 6) is -0.446. The van der Waals surface area contributed by atoms with E-state index in [2.05, 4.69) is 9.71 Å². The number of amides is 1. The summed E-state index contributed by atoms with van der Waals surface area (Å²) in [6, 6.07) is 5.01. The first-order chi connectivity index (χ1) is 13.2. The molecule has 2 aromatic rings. The van der Waals surface area contributed by atoms with E-state index in [1.54, 1.807) is 0 Å². The normalized spacial score (nSPS) is 16.2. The molecule has 0 saturated carbocycles. The van der Waals surface area contributed by atoms with Gasteiger partial charge >= 0.3 is 6.18 Å². The number of aryl methyl sites for hydroxylation is 1. The fourth-order valence-corrected chi connectivity index (χ4v) is 3.45. The van der Waals surface area contributed by atoms with Crippen LogP contribution in [0.5, 0.6) is 5.75 Å². The van der Waals surface area contributed by atoms with Crippen molar-refractivity contribution in [3.8, 4) is 5.75 Å². The first-order valence-corrected chi connectivity index (χ1v) is 10.3. The summed E-state index contributed by atoms with van der Waals surface area (Å²) in [4.78, 5) is 17.9. The van der Waals surface area contributed by atoms with Gasteiger partial charge in [-0.25, -0.2) is 8.42 Å². The molecule has 3 rings (SSSR count). The highest BCUT2D eigenvalue weighted by Crippen LogP contribution is 2.45. The van der Waals surface area contributed by atoms with Gasteiger partial charge in [-0.2, -0.15) is 13.2 Å². The maximum Gasteiger partial charge on any atom is 0.417 e. The summed E-state index contributed by atoms with van der Waals surface area (Å²) >= 11 is 0. The lowest BCUT2D eigenvalue weighted by atomic mass is 10.0. The first kappa shape index (κ1) is 20.9. The Morgan fingerprint density at radius 2 is 1.83 bits per heavy atom.